The molecular formula is C19H26ClN3O2. The fraction of sp³-hybridized carbons (Fsp3) is 0.579. The van der Waals surface area contributed by atoms with Crippen LogP contribution >= 0.6 is 11.6 Å². The highest BCUT2D eigenvalue weighted by Gasteiger charge is 2.32. The Morgan fingerprint density at radius 2 is 1.60 bits per heavy atom. The van der Waals surface area contributed by atoms with Gasteiger partial charge in [-0.25, -0.2) is 0 Å². The Hall–Kier alpha value is -1.59. The van der Waals surface area contributed by atoms with Crippen molar-refractivity contribution in [1.82, 2.24) is 9.80 Å². The molecule has 5 nitrogen and oxygen atoms in total. The van der Waals surface area contributed by atoms with E-state index >= 15 is 0 Å². The predicted molar refractivity (Wildman–Crippen MR) is 98.1 cm³/mol. The molecule has 0 bridgehead atoms. The maximum absolute atomic E-state index is 12.7. The van der Waals surface area contributed by atoms with E-state index < -0.39 is 6.04 Å². The zero-order valence-electron chi connectivity index (χ0n) is 14.5. The van der Waals surface area contributed by atoms with Gasteiger partial charge in [-0.3, -0.25) is 14.5 Å². The van der Waals surface area contributed by atoms with E-state index in [0.29, 0.717) is 37.1 Å². The lowest BCUT2D eigenvalue weighted by Crippen LogP contribution is -2.53. The average Bonchev–Trinajstić information content (AvgIpc) is 2.64. The molecule has 1 saturated carbocycles. The summed E-state index contributed by atoms with van der Waals surface area (Å²) in [4.78, 5) is 28.7. The van der Waals surface area contributed by atoms with Gasteiger partial charge in [0.1, 0.15) is 6.04 Å². The van der Waals surface area contributed by atoms with Crippen LogP contribution in [0.2, 0.25) is 5.02 Å². The first-order valence-electron chi connectivity index (χ1n) is 9.14. The SMILES string of the molecule is NC(=O)[C@H](c1ccc(Cl)cc1)N1CCN(C(=O)C2CCCCC2)CC1. The van der Waals surface area contributed by atoms with Crippen LogP contribution in [-0.2, 0) is 9.59 Å². The molecule has 0 unspecified atom stereocenters. The maximum atomic E-state index is 12.7. The number of hydrogen-bond acceptors (Lipinski definition) is 3. The third-order valence-electron chi connectivity index (χ3n) is 5.40. The van der Waals surface area contributed by atoms with Gasteiger partial charge in [0, 0.05) is 37.1 Å². The highest BCUT2D eigenvalue weighted by molar-refractivity contribution is 6.30. The molecule has 2 N–H and O–H groups in total. The molecular weight excluding hydrogens is 338 g/mol. The Morgan fingerprint density at radius 1 is 1.00 bits per heavy atom. The normalized spacial score (nSPS) is 21.1. The van der Waals surface area contributed by atoms with E-state index in [1.807, 2.05) is 17.0 Å². The van der Waals surface area contributed by atoms with Crippen LogP contribution < -0.4 is 5.73 Å². The average molecular weight is 364 g/mol. The summed E-state index contributed by atoms with van der Waals surface area (Å²) in [5.41, 5.74) is 6.51. The third kappa shape index (κ3) is 4.33. The first-order valence-corrected chi connectivity index (χ1v) is 9.51. The quantitative estimate of drug-likeness (QED) is 0.894. The van der Waals surface area contributed by atoms with Crippen LogP contribution in [0, 0.1) is 5.92 Å². The summed E-state index contributed by atoms with van der Waals surface area (Å²) in [5.74, 6) is 0.124. The molecule has 1 heterocycles. The number of nitrogens with two attached hydrogens (primary N) is 1. The highest BCUT2D eigenvalue weighted by atomic mass is 35.5. The summed E-state index contributed by atoms with van der Waals surface area (Å²) in [6.45, 7) is 2.64. The monoisotopic (exact) mass is 363 g/mol. The van der Waals surface area contributed by atoms with Gasteiger partial charge in [-0.1, -0.05) is 43.0 Å². The Labute approximate surface area is 154 Å². The molecule has 0 spiro atoms. The molecule has 0 aromatic heterocycles. The lowest BCUT2D eigenvalue weighted by atomic mass is 9.88. The van der Waals surface area contributed by atoms with E-state index in [-0.39, 0.29) is 11.8 Å². The number of carbonyl (C=O) groups is 2. The number of carbonyl (C=O) groups excluding carboxylic acids is 2. The Balaban J connectivity index is 1.62. The first-order chi connectivity index (χ1) is 12.1. The summed E-state index contributed by atoms with van der Waals surface area (Å²) in [5, 5.41) is 0.634. The Morgan fingerprint density at radius 3 is 2.16 bits per heavy atom. The summed E-state index contributed by atoms with van der Waals surface area (Å²) in [6, 6.07) is 6.77. The predicted octanol–water partition coefficient (Wildman–Crippen LogP) is 2.59. The van der Waals surface area contributed by atoms with Crippen LogP contribution in [0.1, 0.15) is 43.7 Å². The molecule has 2 aliphatic rings. The number of rotatable bonds is 4. The van der Waals surface area contributed by atoms with Gasteiger partial charge >= 0.3 is 0 Å². The van der Waals surface area contributed by atoms with Gasteiger partial charge < -0.3 is 10.6 Å². The van der Waals surface area contributed by atoms with E-state index in [4.69, 9.17) is 17.3 Å². The van der Waals surface area contributed by atoms with Crippen LogP contribution in [0.3, 0.4) is 0 Å². The fourth-order valence-corrected chi connectivity index (χ4v) is 4.13. The third-order valence-corrected chi connectivity index (χ3v) is 5.65. The van der Waals surface area contributed by atoms with Gasteiger partial charge in [0.15, 0.2) is 0 Å². The van der Waals surface area contributed by atoms with Crippen molar-refractivity contribution in [3.8, 4) is 0 Å². The van der Waals surface area contributed by atoms with Gasteiger partial charge in [-0.05, 0) is 30.5 Å². The van der Waals surface area contributed by atoms with Crippen molar-refractivity contribution >= 4 is 23.4 Å². The molecule has 1 aliphatic heterocycles. The molecule has 1 saturated heterocycles. The second kappa shape index (κ2) is 8.19. The van der Waals surface area contributed by atoms with Crippen LogP contribution in [0.4, 0.5) is 0 Å². The first kappa shape index (κ1) is 18.2. The minimum absolute atomic E-state index is 0.198. The van der Waals surface area contributed by atoms with Gasteiger partial charge in [-0.2, -0.15) is 0 Å². The van der Waals surface area contributed by atoms with Gasteiger partial charge in [0.25, 0.3) is 0 Å². The lowest BCUT2D eigenvalue weighted by Gasteiger charge is -2.39. The van der Waals surface area contributed by atoms with Crippen molar-refractivity contribution in [1.29, 1.82) is 0 Å². The molecule has 6 heteroatoms. The number of nitrogens with zero attached hydrogens (tertiary/aromatic N) is 2. The fourth-order valence-electron chi connectivity index (χ4n) is 4.01. The number of primary amides is 1. The number of halogens is 1. The molecule has 0 radical (unpaired) electrons. The molecule has 3 rings (SSSR count). The molecule has 2 amide bonds. The zero-order chi connectivity index (χ0) is 17.8. The summed E-state index contributed by atoms with van der Waals surface area (Å²) in [7, 11) is 0. The standard InChI is InChI=1S/C19H26ClN3O2/c20-16-8-6-14(7-9-16)17(18(21)24)22-10-12-23(13-11-22)19(25)15-4-2-1-3-5-15/h6-9,15,17H,1-5,10-13H2,(H2,21,24)/t17-/m0/s1. The molecule has 1 aromatic rings. The van der Waals surface area contributed by atoms with E-state index in [1.165, 1.54) is 6.42 Å². The second-order valence-corrected chi connectivity index (χ2v) is 7.49. The van der Waals surface area contributed by atoms with Crippen LogP contribution in [0.15, 0.2) is 24.3 Å². The molecule has 2 fully saturated rings. The van der Waals surface area contributed by atoms with E-state index in [0.717, 1.165) is 31.2 Å². The van der Waals surface area contributed by atoms with Gasteiger partial charge in [-0.15, -0.1) is 0 Å². The van der Waals surface area contributed by atoms with Crippen molar-refractivity contribution < 1.29 is 9.59 Å². The van der Waals surface area contributed by atoms with Crippen LogP contribution in [-0.4, -0.2) is 47.8 Å². The number of amides is 2. The zero-order valence-corrected chi connectivity index (χ0v) is 15.3. The molecule has 136 valence electrons. The minimum Gasteiger partial charge on any atom is -0.368 e. The molecule has 1 aromatic carbocycles. The summed E-state index contributed by atoms with van der Waals surface area (Å²) in [6.07, 6.45) is 5.62. The largest absolute Gasteiger partial charge is 0.368 e. The van der Waals surface area contributed by atoms with Gasteiger partial charge in [0.2, 0.25) is 11.8 Å². The van der Waals surface area contributed by atoms with Crippen molar-refractivity contribution in [2.75, 3.05) is 26.2 Å². The summed E-state index contributed by atoms with van der Waals surface area (Å²) >= 11 is 5.94. The molecule has 1 atom stereocenters. The Kier molecular flexibility index (Phi) is 5.97. The minimum atomic E-state index is -0.468. The smallest absolute Gasteiger partial charge is 0.239 e. The number of piperazine rings is 1. The van der Waals surface area contributed by atoms with E-state index in [1.54, 1.807) is 12.1 Å². The maximum Gasteiger partial charge on any atom is 0.239 e. The van der Waals surface area contributed by atoms with Crippen molar-refractivity contribution in [2.45, 2.75) is 38.1 Å². The van der Waals surface area contributed by atoms with Crippen molar-refractivity contribution in [3.05, 3.63) is 34.9 Å². The Bertz CT molecular complexity index is 606. The second-order valence-electron chi connectivity index (χ2n) is 7.05. The summed E-state index contributed by atoms with van der Waals surface area (Å²) < 4.78 is 0. The number of hydrogen-bond donors (Lipinski definition) is 1. The number of benzene rings is 1. The van der Waals surface area contributed by atoms with Crippen LogP contribution in [0.5, 0.6) is 0 Å². The topological polar surface area (TPSA) is 66.6 Å². The van der Waals surface area contributed by atoms with E-state index in [2.05, 4.69) is 4.90 Å². The highest BCUT2D eigenvalue weighted by Crippen LogP contribution is 2.27. The van der Waals surface area contributed by atoms with Crippen molar-refractivity contribution in [2.24, 2.45) is 11.7 Å². The lowest BCUT2D eigenvalue weighted by molar-refractivity contribution is -0.139. The van der Waals surface area contributed by atoms with Gasteiger partial charge in [0.05, 0.1) is 0 Å². The van der Waals surface area contributed by atoms with E-state index in [9.17, 15) is 9.59 Å². The van der Waals surface area contributed by atoms with Crippen LogP contribution in [0.25, 0.3) is 0 Å². The molecule has 25 heavy (non-hydrogen) atoms. The van der Waals surface area contributed by atoms with Crippen molar-refractivity contribution in [3.63, 3.8) is 0 Å². The molecule has 1 aliphatic carbocycles.